The molecule has 0 bridgehead atoms. The molecule has 1 aromatic rings. The Balaban J connectivity index is 0.000000165. The molecule has 1 aliphatic rings. The highest BCUT2D eigenvalue weighted by Crippen LogP contribution is 2.06. The molecular weight excluding hydrogens is 198 g/mol. The Hall–Kier alpha value is -0.860. The van der Waals surface area contributed by atoms with Crippen molar-refractivity contribution in [1.82, 2.24) is 5.32 Å². The minimum Gasteiger partial charge on any atom is -0.393 e. The Morgan fingerprint density at radius 3 is 1.56 bits per heavy atom. The lowest BCUT2D eigenvalue weighted by Crippen LogP contribution is -2.30. The van der Waals surface area contributed by atoms with Gasteiger partial charge in [0.05, 0.1) is 6.10 Å². The molecule has 2 heteroatoms. The maximum atomic E-state index is 8.87. The van der Waals surface area contributed by atoms with Gasteiger partial charge in [-0.3, -0.25) is 0 Å². The first-order valence-corrected chi connectivity index (χ1v) is 6.01. The Morgan fingerprint density at radius 2 is 1.31 bits per heavy atom. The first kappa shape index (κ1) is 13.2. The highest BCUT2D eigenvalue weighted by molar-refractivity contribution is 5.27. The van der Waals surface area contributed by atoms with Crippen LogP contribution >= 0.6 is 0 Å². The summed E-state index contributed by atoms with van der Waals surface area (Å²) in [5.41, 5.74) is 4.06. The molecule has 0 aromatic heterocycles. The molecule has 1 saturated heterocycles. The van der Waals surface area contributed by atoms with Crippen molar-refractivity contribution in [3.05, 3.63) is 34.9 Å². The van der Waals surface area contributed by atoms with E-state index in [9.17, 15) is 0 Å². The summed E-state index contributed by atoms with van der Waals surface area (Å²) in [4.78, 5) is 0. The fraction of sp³-hybridized carbons (Fsp3) is 0.571. The molecule has 90 valence electrons. The standard InChI is InChI=1S/C9H12.C5H11NO/c1-7-4-8(2)6-9(3)5-7;7-5-1-3-6-4-2-5/h4-6H,1-3H3;5-7H,1-4H2. The molecule has 0 amide bonds. The topological polar surface area (TPSA) is 32.3 Å². The summed E-state index contributed by atoms with van der Waals surface area (Å²) >= 11 is 0. The molecule has 2 N–H and O–H groups in total. The van der Waals surface area contributed by atoms with Crippen molar-refractivity contribution >= 4 is 0 Å². The predicted octanol–water partition coefficient (Wildman–Crippen LogP) is 2.34. The van der Waals surface area contributed by atoms with Crippen LogP contribution in [0.2, 0.25) is 0 Å². The van der Waals surface area contributed by atoms with Crippen molar-refractivity contribution in [3.8, 4) is 0 Å². The molecule has 0 unspecified atom stereocenters. The zero-order valence-electron chi connectivity index (χ0n) is 10.6. The first-order chi connectivity index (χ1) is 7.58. The lowest BCUT2D eigenvalue weighted by molar-refractivity contribution is 0.137. The molecule has 1 aromatic carbocycles. The van der Waals surface area contributed by atoms with E-state index in [1.807, 2.05) is 0 Å². The average Bonchev–Trinajstić information content (AvgIpc) is 2.17. The second kappa shape index (κ2) is 6.66. The van der Waals surface area contributed by atoms with E-state index in [0.29, 0.717) is 0 Å². The van der Waals surface area contributed by atoms with Gasteiger partial charge in [-0.25, -0.2) is 0 Å². The van der Waals surface area contributed by atoms with Crippen LogP contribution in [0.25, 0.3) is 0 Å². The molecule has 0 aliphatic carbocycles. The molecule has 1 aliphatic heterocycles. The number of aliphatic hydroxyl groups excluding tert-OH is 1. The molecule has 0 radical (unpaired) electrons. The molecule has 16 heavy (non-hydrogen) atoms. The third kappa shape index (κ3) is 5.29. The summed E-state index contributed by atoms with van der Waals surface area (Å²) in [6, 6.07) is 6.56. The van der Waals surface area contributed by atoms with Crippen LogP contribution in [0.15, 0.2) is 18.2 Å². The normalized spacial score (nSPS) is 16.5. The smallest absolute Gasteiger partial charge is 0.0564 e. The first-order valence-electron chi connectivity index (χ1n) is 6.01. The molecule has 0 saturated carbocycles. The van der Waals surface area contributed by atoms with Gasteiger partial charge in [0, 0.05) is 0 Å². The zero-order valence-corrected chi connectivity index (χ0v) is 10.6. The minimum atomic E-state index is -0.0266. The second-order valence-corrected chi connectivity index (χ2v) is 4.65. The maximum Gasteiger partial charge on any atom is 0.0564 e. The Morgan fingerprint density at radius 1 is 0.938 bits per heavy atom. The largest absolute Gasteiger partial charge is 0.393 e. The van der Waals surface area contributed by atoms with Crippen LogP contribution in [0.5, 0.6) is 0 Å². The van der Waals surface area contributed by atoms with Crippen LogP contribution in [0.1, 0.15) is 29.5 Å². The van der Waals surface area contributed by atoms with E-state index < -0.39 is 0 Å². The summed E-state index contributed by atoms with van der Waals surface area (Å²) in [6.07, 6.45) is 1.83. The van der Waals surface area contributed by atoms with Gasteiger partial charge in [0.25, 0.3) is 0 Å². The van der Waals surface area contributed by atoms with Gasteiger partial charge in [-0.1, -0.05) is 34.9 Å². The molecular formula is C14H23NO. The Bertz CT molecular complexity index is 266. The molecule has 0 atom stereocenters. The van der Waals surface area contributed by atoms with Crippen LogP contribution in [-0.4, -0.2) is 24.3 Å². The number of rotatable bonds is 0. The van der Waals surface area contributed by atoms with E-state index in [4.69, 9.17) is 5.11 Å². The van der Waals surface area contributed by atoms with Gasteiger partial charge in [-0.2, -0.15) is 0 Å². The average molecular weight is 221 g/mol. The van der Waals surface area contributed by atoms with Crippen LogP contribution in [0.4, 0.5) is 0 Å². The summed E-state index contributed by atoms with van der Waals surface area (Å²) < 4.78 is 0. The fourth-order valence-corrected chi connectivity index (χ4v) is 2.01. The van der Waals surface area contributed by atoms with E-state index in [2.05, 4.69) is 44.3 Å². The molecule has 1 heterocycles. The van der Waals surface area contributed by atoms with Crippen molar-refractivity contribution < 1.29 is 5.11 Å². The van der Waals surface area contributed by atoms with Crippen molar-refractivity contribution in [2.24, 2.45) is 0 Å². The van der Waals surface area contributed by atoms with Gasteiger partial charge in [0.2, 0.25) is 0 Å². The van der Waals surface area contributed by atoms with Gasteiger partial charge in [-0.05, 0) is 46.7 Å². The number of benzene rings is 1. The van der Waals surface area contributed by atoms with Gasteiger partial charge in [-0.15, -0.1) is 0 Å². The van der Waals surface area contributed by atoms with Crippen molar-refractivity contribution in [3.63, 3.8) is 0 Å². The van der Waals surface area contributed by atoms with E-state index in [0.717, 1.165) is 25.9 Å². The van der Waals surface area contributed by atoms with Gasteiger partial charge in [0.15, 0.2) is 0 Å². The van der Waals surface area contributed by atoms with Gasteiger partial charge < -0.3 is 10.4 Å². The highest BCUT2D eigenvalue weighted by Gasteiger charge is 2.06. The van der Waals surface area contributed by atoms with Crippen LogP contribution < -0.4 is 5.32 Å². The molecule has 0 spiro atoms. The summed E-state index contributed by atoms with van der Waals surface area (Å²) in [5.74, 6) is 0. The summed E-state index contributed by atoms with van der Waals surface area (Å²) in [6.45, 7) is 8.35. The van der Waals surface area contributed by atoms with E-state index in [1.165, 1.54) is 16.7 Å². The van der Waals surface area contributed by atoms with Crippen molar-refractivity contribution in [2.45, 2.75) is 39.7 Å². The number of hydrogen-bond acceptors (Lipinski definition) is 2. The SMILES string of the molecule is Cc1cc(C)cc(C)c1.OC1CCNCC1. The lowest BCUT2D eigenvalue weighted by Gasteiger charge is -2.16. The lowest BCUT2D eigenvalue weighted by atomic mass is 10.1. The Kier molecular flexibility index (Phi) is 5.50. The van der Waals surface area contributed by atoms with E-state index >= 15 is 0 Å². The van der Waals surface area contributed by atoms with Gasteiger partial charge >= 0.3 is 0 Å². The fourth-order valence-electron chi connectivity index (χ4n) is 2.01. The van der Waals surface area contributed by atoms with E-state index in [-0.39, 0.29) is 6.10 Å². The quantitative estimate of drug-likeness (QED) is 0.705. The second-order valence-electron chi connectivity index (χ2n) is 4.65. The monoisotopic (exact) mass is 221 g/mol. The predicted molar refractivity (Wildman–Crippen MR) is 68.8 cm³/mol. The zero-order chi connectivity index (χ0) is 12.0. The maximum absolute atomic E-state index is 8.87. The number of aliphatic hydroxyl groups is 1. The number of piperidine rings is 1. The summed E-state index contributed by atoms with van der Waals surface area (Å²) in [7, 11) is 0. The minimum absolute atomic E-state index is 0.0266. The highest BCUT2D eigenvalue weighted by atomic mass is 16.3. The molecule has 1 fully saturated rings. The third-order valence-corrected chi connectivity index (χ3v) is 2.67. The van der Waals surface area contributed by atoms with Crippen molar-refractivity contribution in [2.75, 3.05) is 13.1 Å². The molecule has 2 rings (SSSR count). The van der Waals surface area contributed by atoms with Crippen molar-refractivity contribution in [1.29, 1.82) is 0 Å². The number of nitrogens with one attached hydrogen (secondary N) is 1. The molecule has 2 nitrogen and oxygen atoms in total. The van der Waals surface area contributed by atoms with E-state index in [1.54, 1.807) is 0 Å². The van der Waals surface area contributed by atoms with Gasteiger partial charge in [0.1, 0.15) is 0 Å². The van der Waals surface area contributed by atoms with Crippen LogP contribution in [-0.2, 0) is 0 Å². The Labute approximate surface area is 98.7 Å². The number of aryl methyl sites for hydroxylation is 3. The third-order valence-electron chi connectivity index (χ3n) is 2.67. The number of hydrogen-bond donors (Lipinski definition) is 2. The van der Waals surface area contributed by atoms with Crippen LogP contribution in [0, 0.1) is 20.8 Å². The summed E-state index contributed by atoms with van der Waals surface area (Å²) in [5, 5.41) is 12.0. The van der Waals surface area contributed by atoms with Crippen LogP contribution in [0.3, 0.4) is 0 Å².